The zero-order valence-corrected chi connectivity index (χ0v) is 11.5. The molecule has 7 nitrogen and oxygen atoms in total. The third kappa shape index (κ3) is 2.43. The van der Waals surface area contributed by atoms with Crippen molar-refractivity contribution in [1.29, 1.82) is 0 Å². The number of nitrogens with zero attached hydrogens (tertiary/aromatic N) is 5. The first-order chi connectivity index (χ1) is 9.75. The van der Waals surface area contributed by atoms with Crippen molar-refractivity contribution < 1.29 is 0 Å². The fourth-order valence-electron chi connectivity index (χ4n) is 1.50. The summed E-state index contributed by atoms with van der Waals surface area (Å²) in [5.41, 5.74) is 0.406. The zero-order chi connectivity index (χ0) is 13.9. The molecule has 100 valence electrons. The van der Waals surface area contributed by atoms with E-state index in [9.17, 15) is 4.79 Å². The van der Waals surface area contributed by atoms with E-state index in [1.54, 1.807) is 4.68 Å². The van der Waals surface area contributed by atoms with Crippen LogP contribution in [0, 0.1) is 0 Å². The number of tetrazole rings is 1. The number of para-hydroxylation sites is 1. The van der Waals surface area contributed by atoms with Crippen molar-refractivity contribution in [1.82, 2.24) is 30.2 Å². The van der Waals surface area contributed by atoms with Gasteiger partial charge in [0.25, 0.3) is 5.56 Å². The molecule has 20 heavy (non-hydrogen) atoms. The average Bonchev–Trinajstić information content (AvgIpc) is 2.93. The first-order valence-corrected chi connectivity index (χ1v) is 6.70. The number of H-pyrrole nitrogens is 1. The van der Waals surface area contributed by atoms with Crippen LogP contribution in [-0.2, 0) is 0 Å². The summed E-state index contributed by atoms with van der Waals surface area (Å²) in [5, 5.41) is 12.3. The lowest BCUT2D eigenvalue weighted by Gasteiger charge is -2.03. The Morgan fingerprint density at radius 1 is 1.25 bits per heavy atom. The van der Waals surface area contributed by atoms with Gasteiger partial charge in [0.15, 0.2) is 0 Å². The van der Waals surface area contributed by atoms with Crippen LogP contribution >= 0.6 is 23.4 Å². The Kier molecular flexibility index (Phi) is 3.48. The molecule has 0 atom stereocenters. The van der Waals surface area contributed by atoms with E-state index in [2.05, 4.69) is 25.5 Å². The van der Waals surface area contributed by atoms with Gasteiger partial charge in [-0.1, -0.05) is 29.8 Å². The van der Waals surface area contributed by atoms with Gasteiger partial charge < -0.3 is 4.98 Å². The third-order valence-electron chi connectivity index (χ3n) is 2.39. The van der Waals surface area contributed by atoms with Crippen LogP contribution in [-0.4, -0.2) is 30.2 Å². The highest BCUT2D eigenvalue weighted by Crippen LogP contribution is 2.28. The van der Waals surface area contributed by atoms with Crippen molar-refractivity contribution in [3.8, 4) is 5.69 Å². The number of nitrogens with one attached hydrogen (secondary N) is 1. The van der Waals surface area contributed by atoms with E-state index in [0.29, 0.717) is 10.2 Å². The van der Waals surface area contributed by atoms with Gasteiger partial charge >= 0.3 is 0 Å². The maximum atomic E-state index is 11.4. The van der Waals surface area contributed by atoms with Crippen molar-refractivity contribution in [3.63, 3.8) is 0 Å². The number of halogens is 1. The molecule has 2 heterocycles. The van der Waals surface area contributed by atoms with Gasteiger partial charge in [-0.2, -0.15) is 4.68 Å². The van der Waals surface area contributed by atoms with Crippen molar-refractivity contribution in [2.75, 3.05) is 0 Å². The first kappa shape index (κ1) is 12.8. The minimum absolute atomic E-state index is 0.0140. The first-order valence-electron chi connectivity index (χ1n) is 5.50. The number of aromatic amines is 1. The van der Waals surface area contributed by atoms with Gasteiger partial charge in [0.2, 0.25) is 5.16 Å². The van der Waals surface area contributed by atoms with Gasteiger partial charge in [0.1, 0.15) is 10.0 Å². The molecule has 2 aromatic heterocycles. The summed E-state index contributed by atoms with van der Waals surface area (Å²) in [7, 11) is 0. The van der Waals surface area contributed by atoms with Crippen molar-refractivity contribution in [2.45, 2.75) is 10.2 Å². The van der Waals surface area contributed by atoms with Crippen LogP contribution in [0.25, 0.3) is 5.69 Å². The van der Waals surface area contributed by atoms with Crippen LogP contribution in [0.2, 0.25) is 5.02 Å². The highest BCUT2D eigenvalue weighted by Gasteiger charge is 2.14. The van der Waals surface area contributed by atoms with E-state index in [4.69, 9.17) is 11.6 Å². The van der Waals surface area contributed by atoms with Crippen molar-refractivity contribution in [3.05, 3.63) is 52.0 Å². The Bertz CT molecular complexity index is 787. The summed E-state index contributed by atoms with van der Waals surface area (Å²) in [6.07, 6.45) is 1.28. The predicted molar refractivity (Wildman–Crippen MR) is 73.1 cm³/mol. The molecule has 0 aliphatic carbocycles. The normalized spacial score (nSPS) is 10.7. The van der Waals surface area contributed by atoms with Gasteiger partial charge in [-0.3, -0.25) is 4.79 Å². The predicted octanol–water partition coefficient (Wildman–Crippen LogP) is 1.55. The monoisotopic (exact) mass is 306 g/mol. The molecule has 0 saturated heterocycles. The quantitative estimate of drug-likeness (QED) is 0.738. The molecule has 0 amide bonds. The summed E-state index contributed by atoms with van der Waals surface area (Å²) in [5.74, 6) is 0. The Labute approximate surface area is 122 Å². The molecular weight excluding hydrogens is 300 g/mol. The minimum Gasteiger partial charge on any atom is -0.312 e. The number of rotatable bonds is 3. The number of benzene rings is 1. The van der Waals surface area contributed by atoms with E-state index in [-0.39, 0.29) is 5.02 Å². The SMILES string of the molecule is O=c1[nH]cnc(Sc2nnnn2-c2ccccc2)c1Cl. The molecule has 0 fully saturated rings. The van der Waals surface area contributed by atoms with Crippen LogP contribution in [0.3, 0.4) is 0 Å². The van der Waals surface area contributed by atoms with Gasteiger partial charge in [-0.05, 0) is 34.3 Å². The summed E-state index contributed by atoms with van der Waals surface area (Å²) >= 11 is 7.02. The summed E-state index contributed by atoms with van der Waals surface area (Å²) in [6, 6.07) is 9.39. The fraction of sp³-hybridized carbons (Fsp3) is 0. The van der Waals surface area contributed by atoms with E-state index in [0.717, 1.165) is 17.4 Å². The largest absolute Gasteiger partial charge is 0.312 e. The second-order valence-electron chi connectivity index (χ2n) is 3.66. The van der Waals surface area contributed by atoms with E-state index < -0.39 is 5.56 Å². The molecule has 3 aromatic rings. The Hall–Kier alpha value is -2.19. The molecule has 0 saturated carbocycles. The average molecular weight is 307 g/mol. The maximum absolute atomic E-state index is 11.4. The summed E-state index contributed by atoms with van der Waals surface area (Å²) in [4.78, 5) is 17.8. The van der Waals surface area contributed by atoms with E-state index in [1.807, 2.05) is 30.3 Å². The summed E-state index contributed by atoms with van der Waals surface area (Å²) < 4.78 is 1.55. The van der Waals surface area contributed by atoms with Crippen LogP contribution in [0.1, 0.15) is 0 Å². The standard InChI is InChI=1S/C11H7ClN6OS/c12-8-9(19)13-6-14-10(8)20-11-15-16-17-18(11)7-4-2-1-3-5-7/h1-6H,(H,13,14,19). The molecule has 1 N–H and O–H groups in total. The fourth-order valence-corrected chi connectivity index (χ4v) is 2.48. The van der Waals surface area contributed by atoms with Crippen molar-refractivity contribution in [2.24, 2.45) is 0 Å². The molecule has 0 radical (unpaired) electrons. The molecule has 0 unspecified atom stereocenters. The topological polar surface area (TPSA) is 89.3 Å². The zero-order valence-electron chi connectivity index (χ0n) is 9.89. The van der Waals surface area contributed by atoms with Crippen LogP contribution in [0.15, 0.2) is 51.6 Å². The molecule has 0 spiro atoms. The number of hydrogen-bond acceptors (Lipinski definition) is 6. The molecule has 3 rings (SSSR count). The minimum atomic E-state index is -0.400. The maximum Gasteiger partial charge on any atom is 0.270 e. The smallest absolute Gasteiger partial charge is 0.270 e. The van der Waals surface area contributed by atoms with Crippen LogP contribution in [0.4, 0.5) is 0 Å². The highest BCUT2D eigenvalue weighted by atomic mass is 35.5. The van der Waals surface area contributed by atoms with E-state index in [1.165, 1.54) is 6.33 Å². The molecule has 9 heteroatoms. The molecule has 0 aliphatic heterocycles. The van der Waals surface area contributed by atoms with Gasteiger partial charge in [-0.25, -0.2) is 4.98 Å². The second kappa shape index (κ2) is 5.43. The number of aromatic nitrogens is 6. The Balaban J connectivity index is 1.99. The Morgan fingerprint density at radius 3 is 2.85 bits per heavy atom. The van der Waals surface area contributed by atoms with Crippen molar-refractivity contribution >= 4 is 23.4 Å². The lowest BCUT2D eigenvalue weighted by molar-refractivity contribution is 0.755. The molecular formula is C11H7ClN6OS. The van der Waals surface area contributed by atoms with Crippen LogP contribution in [0.5, 0.6) is 0 Å². The van der Waals surface area contributed by atoms with Crippen LogP contribution < -0.4 is 5.56 Å². The highest BCUT2D eigenvalue weighted by molar-refractivity contribution is 7.99. The molecule has 1 aromatic carbocycles. The van der Waals surface area contributed by atoms with Gasteiger partial charge in [-0.15, -0.1) is 5.10 Å². The number of hydrogen-bond donors (Lipinski definition) is 1. The van der Waals surface area contributed by atoms with Gasteiger partial charge in [0.05, 0.1) is 12.0 Å². The Morgan fingerprint density at radius 2 is 2.05 bits per heavy atom. The summed E-state index contributed by atoms with van der Waals surface area (Å²) in [6.45, 7) is 0. The lowest BCUT2D eigenvalue weighted by Crippen LogP contribution is -2.08. The van der Waals surface area contributed by atoms with E-state index >= 15 is 0 Å². The molecule has 0 bridgehead atoms. The third-order valence-corrected chi connectivity index (χ3v) is 3.80. The second-order valence-corrected chi connectivity index (χ2v) is 5.00. The molecule has 0 aliphatic rings. The lowest BCUT2D eigenvalue weighted by atomic mass is 10.3. The van der Waals surface area contributed by atoms with Gasteiger partial charge in [0, 0.05) is 0 Å².